The normalized spacial score (nSPS) is 19.4. The Morgan fingerprint density at radius 3 is 1.24 bits per heavy atom. The van der Waals surface area contributed by atoms with Crippen LogP contribution in [0.25, 0.3) is 11.1 Å². The highest BCUT2D eigenvalue weighted by Gasteiger charge is 2.49. The molecule has 1 N–H and O–H groups in total. The number of benzene rings is 4. The van der Waals surface area contributed by atoms with Gasteiger partial charge in [-0.1, -0.05) is 141 Å². The molecule has 1 aliphatic heterocycles. The Balaban J connectivity index is 0.000000208. The van der Waals surface area contributed by atoms with Crippen LogP contribution in [0.2, 0.25) is 0 Å². The van der Waals surface area contributed by atoms with E-state index in [-0.39, 0.29) is 46.7 Å². The van der Waals surface area contributed by atoms with Gasteiger partial charge in [0, 0.05) is 7.05 Å². The van der Waals surface area contributed by atoms with Gasteiger partial charge in [0.2, 0.25) is 0 Å². The zero-order valence-electron chi connectivity index (χ0n) is 38.2. The zero-order chi connectivity index (χ0) is 43.6. The number of nitrogens with zero attached hydrogens (tertiary/aromatic N) is 2. The van der Waals surface area contributed by atoms with E-state index in [2.05, 4.69) is 119 Å². The topological polar surface area (TPSA) is 60.9 Å². The molecule has 1 saturated heterocycles. The molecule has 0 atom stereocenters. The van der Waals surface area contributed by atoms with Crippen molar-refractivity contribution in [2.45, 2.75) is 149 Å². The monoisotopic (exact) mass is 793 g/mol. The Kier molecular flexibility index (Phi) is 11.4. The molecule has 59 heavy (non-hydrogen) atoms. The summed E-state index contributed by atoms with van der Waals surface area (Å²) in [6.07, 6.45) is 4.82. The largest absolute Gasteiger partial charge is 0.392 e. The maximum Gasteiger partial charge on any atom is 0.327 e. The molecule has 7 rings (SSSR count). The van der Waals surface area contributed by atoms with Crippen LogP contribution in [0, 0.1) is 13.8 Å². The van der Waals surface area contributed by atoms with Gasteiger partial charge >= 0.3 is 6.03 Å². The summed E-state index contributed by atoms with van der Waals surface area (Å²) in [6.45, 7) is 36.0. The zero-order valence-corrected chi connectivity index (χ0v) is 38.2. The van der Waals surface area contributed by atoms with Gasteiger partial charge in [-0.25, -0.2) is 4.79 Å². The Morgan fingerprint density at radius 1 is 0.576 bits per heavy atom. The van der Waals surface area contributed by atoms with E-state index in [9.17, 15) is 14.7 Å². The predicted octanol–water partition coefficient (Wildman–Crippen LogP) is 12.5. The minimum absolute atomic E-state index is 0.0773. The van der Waals surface area contributed by atoms with Crippen molar-refractivity contribution in [3.63, 3.8) is 0 Å². The van der Waals surface area contributed by atoms with Gasteiger partial charge in [0.15, 0.2) is 0 Å². The average molecular weight is 793 g/mol. The number of carbonyl (C=O) groups is 2. The first-order valence-electron chi connectivity index (χ1n) is 21.4. The third-order valence-corrected chi connectivity index (χ3v) is 14.3. The second-order valence-corrected chi connectivity index (χ2v) is 20.8. The number of aliphatic hydroxyl groups excluding tert-OH is 1. The molecule has 2 aliphatic carbocycles. The number of urea groups is 1. The fourth-order valence-electron chi connectivity index (χ4n) is 9.33. The molecule has 4 aromatic rings. The highest BCUT2D eigenvalue weighted by Crippen LogP contribution is 2.49. The van der Waals surface area contributed by atoms with E-state index >= 15 is 0 Å². The molecule has 1 fully saturated rings. The molecule has 0 bridgehead atoms. The van der Waals surface area contributed by atoms with Gasteiger partial charge in [-0.15, -0.1) is 0 Å². The number of carbonyl (C=O) groups excluding carboxylic acids is 2. The molecular weight excluding hydrogens is 725 g/mol. The first kappa shape index (κ1) is 43.8. The molecular formula is C54H68N2O3. The van der Waals surface area contributed by atoms with E-state index in [0.29, 0.717) is 0 Å². The van der Waals surface area contributed by atoms with Crippen molar-refractivity contribution >= 4 is 23.1 Å². The second-order valence-electron chi connectivity index (χ2n) is 20.8. The Hall–Kier alpha value is -4.74. The number of imide groups is 1. The number of fused-ring (bicyclic) bond motifs is 2. The van der Waals surface area contributed by atoms with E-state index in [4.69, 9.17) is 0 Å². The third-order valence-electron chi connectivity index (χ3n) is 14.3. The Morgan fingerprint density at radius 2 is 0.915 bits per heavy atom. The van der Waals surface area contributed by atoms with Crippen molar-refractivity contribution < 1.29 is 14.7 Å². The van der Waals surface area contributed by atoms with Crippen LogP contribution in [0.5, 0.6) is 0 Å². The summed E-state index contributed by atoms with van der Waals surface area (Å²) in [5.74, 6) is -0.163. The van der Waals surface area contributed by atoms with Gasteiger partial charge in [-0.2, -0.15) is 0 Å². The molecule has 1 heterocycles. The minimum atomic E-state index is -0.808. The number of likely N-dealkylation sites (N-methyl/N-ethyl adjacent to an activating group) is 1. The number of aliphatic hydroxyl groups is 1. The van der Waals surface area contributed by atoms with Crippen LogP contribution in [0.1, 0.15) is 162 Å². The number of aryl methyl sites for hydroxylation is 2. The lowest BCUT2D eigenvalue weighted by atomic mass is 9.62. The molecule has 4 aromatic carbocycles. The Bertz CT molecular complexity index is 2320. The summed E-state index contributed by atoms with van der Waals surface area (Å²) >= 11 is 0. The van der Waals surface area contributed by atoms with E-state index in [1.54, 1.807) is 20.9 Å². The summed E-state index contributed by atoms with van der Waals surface area (Å²) in [5.41, 5.74) is 16.9. The predicted molar refractivity (Wildman–Crippen MR) is 246 cm³/mol. The molecule has 0 unspecified atom stereocenters. The summed E-state index contributed by atoms with van der Waals surface area (Å²) in [4.78, 5) is 28.1. The summed E-state index contributed by atoms with van der Waals surface area (Å²) in [5, 5.41) is 9.24. The summed E-state index contributed by atoms with van der Waals surface area (Å²) in [7, 11) is 1.68. The van der Waals surface area contributed by atoms with Crippen molar-refractivity contribution in [2.24, 2.45) is 0 Å². The van der Waals surface area contributed by atoms with Crippen LogP contribution in [0.3, 0.4) is 0 Å². The number of hydrogen-bond acceptors (Lipinski definition) is 3. The van der Waals surface area contributed by atoms with Gasteiger partial charge in [0.05, 0.1) is 13.2 Å². The van der Waals surface area contributed by atoms with E-state index in [1.807, 2.05) is 36.4 Å². The third kappa shape index (κ3) is 8.12. The fraction of sp³-hybridized carbons (Fsp3) is 0.444. The van der Waals surface area contributed by atoms with Crippen LogP contribution < -0.4 is 0 Å². The summed E-state index contributed by atoms with van der Waals surface area (Å²) < 4.78 is 0. The second kappa shape index (κ2) is 15.4. The molecule has 5 heteroatoms. The lowest BCUT2D eigenvalue weighted by molar-refractivity contribution is -0.132. The number of rotatable bonds is 7. The van der Waals surface area contributed by atoms with Crippen molar-refractivity contribution in [1.29, 1.82) is 0 Å². The van der Waals surface area contributed by atoms with Crippen molar-refractivity contribution in [3.8, 4) is 0 Å². The van der Waals surface area contributed by atoms with E-state index in [1.165, 1.54) is 80.0 Å². The molecule has 0 radical (unpaired) electrons. The quantitative estimate of drug-likeness (QED) is 0.190. The Labute approximate surface area is 355 Å². The van der Waals surface area contributed by atoms with Crippen LogP contribution >= 0.6 is 0 Å². The first-order chi connectivity index (χ1) is 27.3. The fourth-order valence-corrected chi connectivity index (χ4v) is 9.33. The maximum absolute atomic E-state index is 12.7. The highest BCUT2D eigenvalue weighted by atomic mass is 16.3. The van der Waals surface area contributed by atoms with E-state index < -0.39 is 5.54 Å². The number of amides is 3. The van der Waals surface area contributed by atoms with Gasteiger partial charge in [-0.05, 0) is 153 Å². The van der Waals surface area contributed by atoms with Gasteiger partial charge in [-0.3, -0.25) is 9.69 Å². The standard InChI is InChI=1S/C30H38N2O2.C24H30O/c1-19-16-24-25(29(5,6)15-14-28(24,3)4)17-23(19)20(2)22-12-10-21(11-13-22)18-32-26(33)30(7,8)31(9)27(32)34;1-16-13-21-22(24(5,6)12-11-23(21,3)4)14-20(16)17(2)19-9-7-18(15-25)8-10-19/h10-13,16-17H,2,14-15,18H2,1,3-9H3;7-10,13-14,25H,2,11-12,15H2,1,3-6H3. The highest BCUT2D eigenvalue weighted by molar-refractivity contribution is 6.06. The number of hydrogen-bond donors (Lipinski definition) is 1. The van der Waals surface area contributed by atoms with Gasteiger partial charge in [0.1, 0.15) is 5.54 Å². The first-order valence-corrected chi connectivity index (χ1v) is 21.4. The van der Waals surface area contributed by atoms with E-state index in [0.717, 1.165) is 33.4 Å². The summed E-state index contributed by atoms with van der Waals surface area (Å²) in [6, 6.07) is 25.4. The lowest BCUT2D eigenvalue weighted by Crippen LogP contribution is -2.41. The molecule has 3 amide bonds. The lowest BCUT2D eigenvalue weighted by Gasteiger charge is -2.42. The maximum atomic E-state index is 12.7. The van der Waals surface area contributed by atoms with Gasteiger partial charge < -0.3 is 10.0 Å². The van der Waals surface area contributed by atoms with Gasteiger partial charge in [0.25, 0.3) is 5.91 Å². The molecule has 0 aromatic heterocycles. The minimum Gasteiger partial charge on any atom is -0.392 e. The van der Waals surface area contributed by atoms with Crippen molar-refractivity contribution in [1.82, 2.24) is 9.80 Å². The van der Waals surface area contributed by atoms with Crippen LogP contribution in [0.4, 0.5) is 4.79 Å². The van der Waals surface area contributed by atoms with Crippen LogP contribution in [0.15, 0.2) is 86.0 Å². The molecule has 3 aliphatic rings. The molecule has 5 nitrogen and oxygen atoms in total. The molecule has 312 valence electrons. The van der Waals surface area contributed by atoms with Crippen LogP contribution in [-0.4, -0.2) is 39.4 Å². The van der Waals surface area contributed by atoms with Crippen molar-refractivity contribution in [3.05, 3.63) is 153 Å². The smallest absolute Gasteiger partial charge is 0.327 e. The SMILES string of the molecule is C=C(c1ccc(CN2C(=O)N(C)C(C)(C)C2=O)cc1)c1cc2c(cc1C)C(C)(C)CCC2(C)C.C=C(c1ccc(CO)cc1)c1cc2c(cc1C)C(C)(C)CCC2(C)C. The average Bonchev–Trinajstić information content (AvgIpc) is 3.33. The molecule has 0 spiro atoms. The molecule has 0 saturated carbocycles. The van der Waals surface area contributed by atoms with Crippen molar-refractivity contribution in [2.75, 3.05) is 7.05 Å². The van der Waals surface area contributed by atoms with Crippen LogP contribution in [-0.2, 0) is 39.6 Å².